The van der Waals surface area contributed by atoms with Gasteiger partial charge in [-0.25, -0.2) is 0 Å². The van der Waals surface area contributed by atoms with Crippen molar-refractivity contribution in [3.8, 4) is 0 Å². The minimum absolute atomic E-state index is 0.821. The molecule has 0 spiro atoms. The van der Waals surface area contributed by atoms with Gasteiger partial charge in [0.2, 0.25) is 0 Å². The smallest absolute Gasteiger partial charge is 0.0210 e. The van der Waals surface area contributed by atoms with Crippen molar-refractivity contribution in [3.05, 3.63) is 11.3 Å². The molecule has 2 aliphatic rings. The number of hydrogen-bond donors (Lipinski definition) is 2. The highest BCUT2D eigenvalue weighted by Gasteiger charge is 2.30. The fraction of sp³-hybridized carbons (Fsp3) is 0.833. The second-order valence-electron chi connectivity index (χ2n) is 4.64. The average molecular weight is 194 g/mol. The second-order valence-corrected chi connectivity index (χ2v) is 4.64. The highest BCUT2D eigenvalue weighted by Crippen LogP contribution is 2.33. The Kier molecular flexibility index (Phi) is 3.12. The molecule has 2 heteroatoms. The minimum Gasteiger partial charge on any atom is -0.388 e. The monoisotopic (exact) mass is 194 g/mol. The molecule has 80 valence electrons. The summed E-state index contributed by atoms with van der Waals surface area (Å²) in [6, 6.07) is 0. The van der Waals surface area contributed by atoms with Crippen LogP contribution < -0.4 is 10.6 Å². The molecule has 2 N–H and O–H groups in total. The third-order valence-electron chi connectivity index (χ3n) is 3.62. The Bertz CT molecular complexity index is 226. The van der Waals surface area contributed by atoms with Gasteiger partial charge in [-0.1, -0.05) is 13.3 Å². The standard InChI is InChI=1S/C12H22N2/c1-3-4-10-8-14-9(2)12(10)11-5-6-13-7-11/h10-11,13-14H,3-8H2,1-2H3. The summed E-state index contributed by atoms with van der Waals surface area (Å²) in [6.45, 7) is 8.14. The highest BCUT2D eigenvalue weighted by molar-refractivity contribution is 5.24. The van der Waals surface area contributed by atoms with Gasteiger partial charge in [0.15, 0.2) is 0 Å². The molecule has 0 bridgehead atoms. The molecule has 0 aromatic carbocycles. The summed E-state index contributed by atoms with van der Waals surface area (Å²) in [5, 5.41) is 7.00. The van der Waals surface area contributed by atoms with Gasteiger partial charge in [0.1, 0.15) is 0 Å². The molecule has 14 heavy (non-hydrogen) atoms. The SMILES string of the molecule is CCCC1CNC(C)=C1C1CCNC1. The van der Waals surface area contributed by atoms with E-state index in [4.69, 9.17) is 0 Å². The molecule has 2 unspecified atom stereocenters. The second kappa shape index (κ2) is 4.35. The number of nitrogens with one attached hydrogen (secondary N) is 2. The third kappa shape index (κ3) is 1.81. The maximum atomic E-state index is 3.53. The predicted molar refractivity (Wildman–Crippen MR) is 60.1 cm³/mol. The molecular formula is C12H22N2. The quantitative estimate of drug-likeness (QED) is 0.717. The fourth-order valence-corrected chi connectivity index (χ4v) is 2.96. The summed E-state index contributed by atoms with van der Waals surface area (Å²) in [5.41, 5.74) is 3.20. The van der Waals surface area contributed by atoms with Gasteiger partial charge in [0, 0.05) is 18.8 Å². The van der Waals surface area contributed by atoms with E-state index in [2.05, 4.69) is 24.5 Å². The Morgan fingerprint density at radius 1 is 1.36 bits per heavy atom. The summed E-state index contributed by atoms with van der Waals surface area (Å²) in [6.07, 6.45) is 4.01. The lowest BCUT2D eigenvalue weighted by Gasteiger charge is -2.18. The van der Waals surface area contributed by atoms with Crippen LogP contribution in [0.15, 0.2) is 11.3 Å². The van der Waals surface area contributed by atoms with Crippen molar-refractivity contribution < 1.29 is 0 Å². The lowest BCUT2D eigenvalue weighted by molar-refractivity contribution is 0.506. The fourth-order valence-electron chi connectivity index (χ4n) is 2.96. The zero-order chi connectivity index (χ0) is 9.97. The van der Waals surface area contributed by atoms with Gasteiger partial charge in [0.05, 0.1) is 0 Å². The van der Waals surface area contributed by atoms with Crippen LogP contribution in [0.2, 0.25) is 0 Å². The van der Waals surface area contributed by atoms with Crippen LogP contribution in [0.4, 0.5) is 0 Å². The van der Waals surface area contributed by atoms with Crippen LogP contribution in [0.3, 0.4) is 0 Å². The van der Waals surface area contributed by atoms with Crippen LogP contribution in [-0.4, -0.2) is 19.6 Å². The van der Waals surface area contributed by atoms with E-state index in [1.807, 2.05) is 0 Å². The van der Waals surface area contributed by atoms with Gasteiger partial charge in [-0.2, -0.15) is 0 Å². The van der Waals surface area contributed by atoms with Crippen LogP contribution in [0.1, 0.15) is 33.1 Å². The lowest BCUT2D eigenvalue weighted by Crippen LogP contribution is -2.16. The Morgan fingerprint density at radius 2 is 2.21 bits per heavy atom. The van der Waals surface area contributed by atoms with Crippen LogP contribution in [-0.2, 0) is 0 Å². The van der Waals surface area contributed by atoms with Crippen LogP contribution in [0.25, 0.3) is 0 Å². The van der Waals surface area contributed by atoms with Crippen LogP contribution in [0, 0.1) is 11.8 Å². The molecule has 0 aromatic rings. The maximum absolute atomic E-state index is 3.53. The first-order chi connectivity index (χ1) is 6.83. The predicted octanol–water partition coefficient (Wildman–Crippen LogP) is 1.89. The Balaban J connectivity index is 2.07. The summed E-state index contributed by atoms with van der Waals surface area (Å²) in [7, 11) is 0. The summed E-state index contributed by atoms with van der Waals surface area (Å²) in [5.74, 6) is 1.64. The van der Waals surface area contributed by atoms with Gasteiger partial charge in [-0.3, -0.25) is 0 Å². The van der Waals surface area contributed by atoms with Crippen molar-refractivity contribution in [3.63, 3.8) is 0 Å². The molecule has 0 aliphatic carbocycles. The van der Waals surface area contributed by atoms with Gasteiger partial charge in [-0.15, -0.1) is 0 Å². The number of rotatable bonds is 3. The molecule has 0 aromatic heterocycles. The molecule has 1 saturated heterocycles. The van der Waals surface area contributed by atoms with Crippen molar-refractivity contribution in [1.82, 2.24) is 10.6 Å². The topological polar surface area (TPSA) is 24.1 Å². The van der Waals surface area contributed by atoms with Crippen LogP contribution >= 0.6 is 0 Å². The molecule has 2 aliphatic heterocycles. The maximum Gasteiger partial charge on any atom is 0.0210 e. The molecule has 2 heterocycles. The molecule has 2 rings (SSSR count). The Morgan fingerprint density at radius 3 is 2.86 bits per heavy atom. The van der Waals surface area contributed by atoms with E-state index in [-0.39, 0.29) is 0 Å². The first kappa shape index (κ1) is 10.0. The van der Waals surface area contributed by atoms with Gasteiger partial charge < -0.3 is 10.6 Å². The van der Waals surface area contributed by atoms with E-state index in [9.17, 15) is 0 Å². The molecule has 2 nitrogen and oxygen atoms in total. The normalized spacial score (nSPS) is 32.4. The van der Waals surface area contributed by atoms with Gasteiger partial charge in [-0.05, 0) is 43.7 Å². The zero-order valence-corrected chi connectivity index (χ0v) is 9.40. The molecule has 1 fully saturated rings. The van der Waals surface area contributed by atoms with E-state index < -0.39 is 0 Å². The summed E-state index contributed by atoms with van der Waals surface area (Å²) in [4.78, 5) is 0. The van der Waals surface area contributed by atoms with Crippen molar-refractivity contribution >= 4 is 0 Å². The first-order valence-electron chi connectivity index (χ1n) is 5.98. The van der Waals surface area contributed by atoms with Crippen molar-refractivity contribution in [2.75, 3.05) is 19.6 Å². The molecule has 2 atom stereocenters. The number of allylic oxidation sites excluding steroid dienone is 1. The van der Waals surface area contributed by atoms with Gasteiger partial charge >= 0.3 is 0 Å². The Hall–Kier alpha value is -0.500. The largest absolute Gasteiger partial charge is 0.388 e. The van der Waals surface area contributed by atoms with Crippen molar-refractivity contribution in [2.45, 2.75) is 33.1 Å². The van der Waals surface area contributed by atoms with E-state index in [0.717, 1.165) is 11.8 Å². The minimum atomic E-state index is 0.821. The first-order valence-corrected chi connectivity index (χ1v) is 5.98. The van der Waals surface area contributed by atoms with E-state index in [1.54, 1.807) is 5.57 Å². The lowest BCUT2D eigenvalue weighted by atomic mass is 9.85. The number of hydrogen-bond acceptors (Lipinski definition) is 2. The van der Waals surface area contributed by atoms with Crippen molar-refractivity contribution in [1.29, 1.82) is 0 Å². The highest BCUT2D eigenvalue weighted by atomic mass is 14.9. The van der Waals surface area contributed by atoms with Gasteiger partial charge in [0.25, 0.3) is 0 Å². The van der Waals surface area contributed by atoms with Crippen molar-refractivity contribution in [2.24, 2.45) is 11.8 Å². The van der Waals surface area contributed by atoms with E-state index in [1.165, 1.54) is 44.6 Å². The molecule has 0 amide bonds. The summed E-state index contributed by atoms with van der Waals surface area (Å²) < 4.78 is 0. The Labute approximate surface area is 87.2 Å². The zero-order valence-electron chi connectivity index (χ0n) is 9.40. The summed E-state index contributed by atoms with van der Waals surface area (Å²) >= 11 is 0. The van der Waals surface area contributed by atoms with E-state index in [0.29, 0.717) is 0 Å². The van der Waals surface area contributed by atoms with E-state index >= 15 is 0 Å². The average Bonchev–Trinajstić information content (AvgIpc) is 2.76. The molecular weight excluding hydrogens is 172 g/mol. The van der Waals surface area contributed by atoms with Crippen LogP contribution in [0.5, 0.6) is 0 Å². The molecule has 0 saturated carbocycles. The molecule has 0 radical (unpaired) electrons. The third-order valence-corrected chi connectivity index (χ3v) is 3.62.